The number of carboxylic acids is 1. The van der Waals surface area contributed by atoms with Gasteiger partial charge in [-0.1, -0.05) is 6.07 Å². The molecule has 114 valence electrons. The molecule has 9 heteroatoms. The number of amides is 2. The molecule has 1 aromatic rings. The predicted octanol–water partition coefficient (Wildman–Crippen LogP) is -0.979. The number of hydrogen-bond acceptors (Lipinski definition) is 5. The zero-order valence-electron chi connectivity index (χ0n) is 11.1. The van der Waals surface area contributed by atoms with Crippen molar-refractivity contribution in [2.45, 2.75) is 4.90 Å². The van der Waals surface area contributed by atoms with Crippen molar-refractivity contribution < 1.29 is 27.9 Å². The second-order valence-corrected chi connectivity index (χ2v) is 6.17. The van der Waals surface area contributed by atoms with Crippen LogP contribution >= 0.6 is 0 Å². The number of nitrogens with one attached hydrogen (secondary N) is 2. The van der Waals surface area contributed by atoms with Crippen molar-refractivity contribution in [2.24, 2.45) is 0 Å². The highest BCUT2D eigenvalue weighted by atomic mass is 32.2. The van der Waals surface area contributed by atoms with Gasteiger partial charge in [0, 0.05) is 11.8 Å². The van der Waals surface area contributed by atoms with Gasteiger partial charge >= 0.3 is 5.97 Å². The predicted molar refractivity (Wildman–Crippen MR) is 72.5 cm³/mol. The highest BCUT2D eigenvalue weighted by molar-refractivity contribution is 7.90. The maximum absolute atomic E-state index is 11.8. The van der Waals surface area contributed by atoms with E-state index in [9.17, 15) is 22.8 Å². The summed E-state index contributed by atoms with van der Waals surface area (Å²) in [4.78, 5) is 33.2. The van der Waals surface area contributed by atoms with Gasteiger partial charge in [0.2, 0.25) is 5.91 Å². The molecule has 0 saturated heterocycles. The number of sulfone groups is 1. The molecule has 0 aliphatic heterocycles. The minimum absolute atomic E-state index is 0.00882. The maximum Gasteiger partial charge on any atom is 0.322 e. The highest BCUT2D eigenvalue weighted by Crippen LogP contribution is 2.11. The zero-order valence-corrected chi connectivity index (χ0v) is 11.9. The van der Waals surface area contributed by atoms with Crippen LogP contribution in [0.4, 0.5) is 0 Å². The van der Waals surface area contributed by atoms with Gasteiger partial charge in [0.1, 0.15) is 6.54 Å². The molecule has 21 heavy (non-hydrogen) atoms. The highest BCUT2D eigenvalue weighted by Gasteiger charge is 2.12. The van der Waals surface area contributed by atoms with Crippen LogP contribution in [0.25, 0.3) is 0 Å². The van der Waals surface area contributed by atoms with Gasteiger partial charge in [-0.15, -0.1) is 0 Å². The van der Waals surface area contributed by atoms with Gasteiger partial charge in [0.15, 0.2) is 9.84 Å². The van der Waals surface area contributed by atoms with E-state index in [1.54, 1.807) is 0 Å². The van der Waals surface area contributed by atoms with Crippen molar-refractivity contribution in [2.75, 3.05) is 19.3 Å². The fourth-order valence-electron chi connectivity index (χ4n) is 1.37. The number of aliphatic carboxylic acids is 1. The summed E-state index contributed by atoms with van der Waals surface area (Å²) in [6, 6.07) is 5.36. The van der Waals surface area contributed by atoms with E-state index >= 15 is 0 Å². The molecule has 0 fully saturated rings. The van der Waals surface area contributed by atoms with Gasteiger partial charge in [-0.3, -0.25) is 14.4 Å². The Morgan fingerprint density at radius 2 is 1.81 bits per heavy atom. The van der Waals surface area contributed by atoms with Crippen molar-refractivity contribution in [3.8, 4) is 0 Å². The summed E-state index contributed by atoms with van der Waals surface area (Å²) in [5.41, 5.74) is 0.0870. The first-order valence-electron chi connectivity index (χ1n) is 5.77. The van der Waals surface area contributed by atoms with Crippen LogP contribution in [0, 0.1) is 0 Å². The Hall–Kier alpha value is -2.42. The van der Waals surface area contributed by atoms with Gasteiger partial charge in [-0.05, 0) is 18.2 Å². The minimum Gasteiger partial charge on any atom is -0.480 e. The lowest BCUT2D eigenvalue weighted by molar-refractivity contribution is -0.137. The molecule has 0 spiro atoms. The van der Waals surface area contributed by atoms with E-state index in [0.29, 0.717) is 0 Å². The van der Waals surface area contributed by atoms with E-state index in [0.717, 1.165) is 6.26 Å². The van der Waals surface area contributed by atoms with Crippen LogP contribution < -0.4 is 10.6 Å². The first-order chi connectivity index (χ1) is 9.70. The quantitative estimate of drug-likeness (QED) is 0.619. The van der Waals surface area contributed by atoms with Crippen LogP contribution in [-0.4, -0.2) is 50.7 Å². The Labute approximate surface area is 121 Å². The lowest BCUT2D eigenvalue weighted by atomic mass is 10.2. The third-order valence-electron chi connectivity index (χ3n) is 2.37. The van der Waals surface area contributed by atoms with Crippen LogP contribution in [0.5, 0.6) is 0 Å². The van der Waals surface area contributed by atoms with Crippen LogP contribution in [0.1, 0.15) is 10.4 Å². The smallest absolute Gasteiger partial charge is 0.322 e. The second kappa shape index (κ2) is 6.84. The largest absolute Gasteiger partial charge is 0.480 e. The fourth-order valence-corrected chi connectivity index (χ4v) is 2.03. The standard InChI is InChI=1S/C12H14N2O6S/c1-21(19,20)9-4-2-3-8(5-9)12(18)14-6-10(15)13-7-11(16)17/h2-5H,6-7H2,1H3,(H,13,15)(H,14,18)(H,16,17). The number of carboxylic acid groups (broad SMARTS) is 1. The first kappa shape index (κ1) is 16.6. The van der Waals surface area contributed by atoms with E-state index < -0.39 is 40.7 Å². The van der Waals surface area contributed by atoms with Crippen molar-refractivity contribution in [1.29, 1.82) is 0 Å². The number of benzene rings is 1. The molecule has 0 aliphatic rings. The van der Waals surface area contributed by atoms with Gasteiger partial charge in [0.05, 0.1) is 11.4 Å². The van der Waals surface area contributed by atoms with Crippen LogP contribution in [-0.2, 0) is 19.4 Å². The first-order valence-corrected chi connectivity index (χ1v) is 7.66. The van der Waals surface area contributed by atoms with Crippen LogP contribution in [0.3, 0.4) is 0 Å². The summed E-state index contributed by atoms with van der Waals surface area (Å²) < 4.78 is 22.7. The van der Waals surface area contributed by atoms with E-state index in [1.807, 2.05) is 0 Å². The second-order valence-electron chi connectivity index (χ2n) is 4.15. The number of carbonyl (C=O) groups is 3. The number of carbonyl (C=O) groups excluding carboxylic acids is 2. The SMILES string of the molecule is CS(=O)(=O)c1cccc(C(=O)NCC(=O)NCC(=O)O)c1. The summed E-state index contributed by atoms with van der Waals surface area (Å²) in [6.45, 7) is -0.951. The van der Waals surface area contributed by atoms with Crippen molar-refractivity contribution in [1.82, 2.24) is 10.6 Å². The lowest BCUT2D eigenvalue weighted by Gasteiger charge is -2.06. The van der Waals surface area contributed by atoms with Gasteiger partial charge < -0.3 is 15.7 Å². The van der Waals surface area contributed by atoms with E-state index in [2.05, 4.69) is 10.6 Å². The zero-order chi connectivity index (χ0) is 16.0. The Kier molecular flexibility index (Phi) is 5.42. The Morgan fingerprint density at radius 1 is 1.14 bits per heavy atom. The molecule has 0 radical (unpaired) electrons. The third kappa shape index (κ3) is 5.61. The lowest BCUT2D eigenvalue weighted by Crippen LogP contribution is -2.39. The summed E-state index contributed by atoms with van der Waals surface area (Å²) in [5, 5.41) is 12.7. The Bertz CT molecular complexity index is 668. The molecule has 8 nitrogen and oxygen atoms in total. The average Bonchev–Trinajstić information content (AvgIpc) is 2.41. The number of rotatable bonds is 6. The molecule has 0 unspecified atom stereocenters. The van der Waals surface area contributed by atoms with E-state index in [4.69, 9.17) is 5.11 Å². The molecular formula is C12H14N2O6S. The molecule has 1 rings (SSSR count). The summed E-state index contributed by atoms with van der Waals surface area (Å²) in [7, 11) is -3.43. The summed E-state index contributed by atoms with van der Waals surface area (Å²) >= 11 is 0. The van der Waals surface area contributed by atoms with Gasteiger partial charge in [0.25, 0.3) is 5.91 Å². The normalized spacial score (nSPS) is 10.7. The molecule has 0 bridgehead atoms. The fraction of sp³-hybridized carbons (Fsp3) is 0.250. The molecule has 0 aliphatic carbocycles. The maximum atomic E-state index is 11.8. The van der Waals surface area contributed by atoms with Gasteiger partial charge in [-0.25, -0.2) is 8.42 Å². The molecule has 0 atom stereocenters. The molecule has 0 aromatic heterocycles. The monoisotopic (exact) mass is 314 g/mol. The van der Waals surface area contributed by atoms with Gasteiger partial charge in [-0.2, -0.15) is 0 Å². The van der Waals surface area contributed by atoms with Crippen molar-refractivity contribution in [3.05, 3.63) is 29.8 Å². The molecular weight excluding hydrogens is 300 g/mol. The molecule has 3 N–H and O–H groups in total. The molecule has 2 amide bonds. The molecule has 0 heterocycles. The topological polar surface area (TPSA) is 130 Å². The van der Waals surface area contributed by atoms with Crippen LogP contribution in [0.2, 0.25) is 0 Å². The molecule has 1 aromatic carbocycles. The van der Waals surface area contributed by atoms with E-state index in [-0.39, 0.29) is 10.5 Å². The minimum atomic E-state index is -3.43. The van der Waals surface area contributed by atoms with Crippen LogP contribution in [0.15, 0.2) is 29.2 Å². The molecule has 0 saturated carbocycles. The third-order valence-corrected chi connectivity index (χ3v) is 3.48. The summed E-state index contributed by atoms with van der Waals surface area (Å²) in [5.74, 6) is -2.49. The Morgan fingerprint density at radius 3 is 2.38 bits per heavy atom. The Balaban J connectivity index is 2.64. The summed E-state index contributed by atoms with van der Waals surface area (Å²) in [6.07, 6.45) is 1.02. The number of hydrogen-bond donors (Lipinski definition) is 3. The van der Waals surface area contributed by atoms with Crippen molar-refractivity contribution in [3.63, 3.8) is 0 Å². The van der Waals surface area contributed by atoms with E-state index in [1.165, 1.54) is 24.3 Å². The van der Waals surface area contributed by atoms with Crippen molar-refractivity contribution >= 4 is 27.6 Å². The average molecular weight is 314 g/mol.